The minimum absolute atomic E-state index is 0.129. The quantitative estimate of drug-likeness (QED) is 0.568. The monoisotopic (exact) mass is 428 g/mol. The summed E-state index contributed by atoms with van der Waals surface area (Å²) in [5, 5.41) is 14.5. The lowest BCUT2D eigenvalue weighted by Crippen LogP contribution is -2.19. The third-order valence-corrected chi connectivity index (χ3v) is 6.54. The topological polar surface area (TPSA) is 97.1 Å². The predicted molar refractivity (Wildman–Crippen MR) is 114 cm³/mol. The van der Waals surface area contributed by atoms with Gasteiger partial charge in [0, 0.05) is 17.5 Å². The Labute approximate surface area is 176 Å². The molecule has 1 aliphatic rings. The van der Waals surface area contributed by atoms with Crippen molar-refractivity contribution in [3.8, 4) is 0 Å². The van der Waals surface area contributed by atoms with Crippen LogP contribution in [0.25, 0.3) is 0 Å². The molecule has 0 atom stereocenters. The van der Waals surface area contributed by atoms with Gasteiger partial charge in [0.15, 0.2) is 0 Å². The van der Waals surface area contributed by atoms with E-state index in [4.69, 9.17) is 4.42 Å². The Hall–Kier alpha value is -2.65. The zero-order valence-electron chi connectivity index (χ0n) is 15.9. The van der Waals surface area contributed by atoms with Gasteiger partial charge < -0.3 is 15.1 Å². The Balaban J connectivity index is 1.52. The van der Waals surface area contributed by atoms with E-state index < -0.39 is 0 Å². The fourth-order valence-corrected chi connectivity index (χ4v) is 5.14. The number of carbonyl (C=O) groups excluding carboxylic acids is 2. The number of amides is 2. The van der Waals surface area contributed by atoms with Crippen molar-refractivity contribution in [3.63, 3.8) is 0 Å². The molecular formula is C20H20N4O3S2. The number of aryl methyl sites for hydroxylation is 2. The smallest absolute Gasteiger partial charge is 0.277 e. The van der Waals surface area contributed by atoms with E-state index in [1.807, 2.05) is 30.3 Å². The standard InChI is InChI=1S/C20H20N4O3S2/c1-12-23-24-20(27-12)28-11-16(25)22-19-17(14-9-5-6-10-15(14)29-19)18(26)21-13-7-3-2-4-8-13/h2-4,7-8H,5-6,9-11H2,1H3,(H,21,26)(H,22,25). The summed E-state index contributed by atoms with van der Waals surface area (Å²) in [6.45, 7) is 1.70. The predicted octanol–water partition coefficient (Wildman–Crippen LogP) is 4.30. The van der Waals surface area contributed by atoms with Crippen LogP contribution >= 0.6 is 23.1 Å². The van der Waals surface area contributed by atoms with Gasteiger partial charge in [-0.05, 0) is 43.4 Å². The number of nitrogens with one attached hydrogen (secondary N) is 2. The molecule has 0 unspecified atom stereocenters. The van der Waals surface area contributed by atoms with Crippen molar-refractivity contribution in [1.29, 1.82) is 0 Å². The second-order valence-electron chi connectivity index (χ2n) is 6.66. The van der Waals surface area contributed by atoms with Crippen LogP contribution in [-0.2, 0) is 17.6 Å². The summed E-state index contributed by atoms with van der Waals surface area (Å²) in [5.74, 6) is 0.187. The third-order valence-electron chi connectivity index (χ3n) is 4.52. The summed E-state index contributed by atoms with van der Waals surface area (Å²) < 4.78 is 5.28. The van der Waals surface area contributed by atoms with Crippen molar-refractivity contribution >= 4 is 45.6 Å². The molecule has 4 rings (SSSR count). The highest BCUT2D eigenvalue weighted by Crippen LogP contribution is 2.38. The number of benzene rings is 1. The molecule has 1 aromatic carbocycles. The second-order valence-corrected chi connectivity index (χ2v) is 8.69. The average molecular weight is 429 g/mol. The summed E-state index contributed by atoms with van der Waals surface area (Å²) in [4.78, 5) is 26.7. The molecule has 0 spiro atoms. The van der Waals surface area contributed by atoms with E-state index >= 15 is 0 Å². The number of thiophene rings is 1. The first kappa shape index (κ1) is 19.7. The molecule has 1 aliphatic carbocycles. The SMILES string of the molecule is Cc1nnc(SCC(=O)Nc2sc3c(c2C(=O)Nc2ccccc2)CCCC3)o1. The van der Waals surface area contributed by atoms with Crippen molar-refractivity contribution in [2.75, 3.05) is 16.4 Å². The van der Waals surface area contributed by atoms with Gasteiger partial charge in [0.25, 0.3) is 11.1 Å². The maximum Gasteiger partial charge on any atom is 0.277 e. The molecule has 29 heavy (non-hydrogen) atoms. The van der Waals surface area contributed by atoms with Gasteiger partial charge in [-0.2, -0.15) is 0 Å². The zero-order valence-corrected chi connectivity index (χ0v) is 17.5. The molecule has 0 saturated carbocycles. The lowest BCUT2D eigenvalue weighted by atomic mass is 9.95. The number of aromatic nitrogens is 2. The van der Waals surface area contributed by atoms with Crippen molar-refractivity contribution in [3.05, 3.63) is 52.2 Å². The number of carbonyl (C=O) groups is 2. The highest BCUT2D eigenvalue weighted by Gasteiger charge is 2.26. The minimum Gasteiger partial charge on any atom is -0.416 e. The van der Waals surface area contributed by atoms with Gasteiger partial charge in [-0.1, -0.05) is 30.0 Å². The fourth-order valence-electron chi connectivity index (χ4n) is 3.24. The van der Waals surface area contributed by atoms with Crippen LogP contribution in [0.2, 0.25) is 0 Å². The molecule has 9 heteroatoms. The van der Waals surface area contributed by atoms with Crippen LogP contribution in [-0.4, -0.2) is 27.8 Å². The van der Waals surface area contributed by atoms with Gasteiger partial charge in [-0.15, -0.1) is 21.5 Å². The first-order valence-electron chi connectivity index (χ1n) is 9.34. The number of hydrogen-bond donors (Lipinski definition) is 2. The minimum atomic E-state index is -0.210. The molecule has 2 heterocycles. The van der Waals surface area contributed by atoms with Crippen molar-refractivity contribution in [1.82, 2.24) is 10.2 Å². The Morgan fingerprint density at radius 3 is 2.69 bits per heavy atom. The van der Waals surface area contributed by atoms with Crippen molar-refractivity contribution < 1.29 is 14.0 Å². The Morgan fingerprint density at radius 1 is 1.14 bits per heavy atom. The van der Waals surface area contributed by atoms with Crippen LogP contribution < -0.4 is 10.6 Å². The van der Waals surface area contributed by atoms with Crippen molar-refractivity contribution in [2.45, 2.75) is 37.8 Å². The number of anilines is 2. The molecule has 0 radical (unpaired) electrons. The van der Waals surface area contributed by atoms with Gasteiger partial charge in [0.05, 0.1) is 11.3 Å². The Bertz CT molecular complexity index is 1030. The number of thioether (sulfide) groups is 1. The number of fused-ring (bicyclic) bond motifs is 1. The van der Waals surface area contributed by atoms with Crippen molar-refractivity contribution in [2.24, 2.45) is 0 Å². The van der Waals surface area contributed by atoms with Gasteiger partial charge >= 0.3 is 0 Å². The number of rotatable bonds is 6. The maximum atomic E-state index is 13.0. The highest BCUT2D eigenvalue weighted by molar-refractivity contribution is 7.99. The van der Waals surface area contributed by atoms with Crippen LogP contribution in [0.5, 0.6) is 0 Å². The normalized spacial score (nSPS) is 13.0. The third kappa shape index (κ3) is 4.68. The zero-order chi connectivity index (χ0) is 20.2. The molecule has 2 N–H and O–H groups in total. The molecule has 0 bridgehead atoms. The number of hydrogen-bond acceptors (Lipinski definition) is 7. The summed E-state index contributed by atoms with van der Waals surface area (Å²) in [6, 6.07) is 9.34. The van der Waals surface area contributed by atoms with Gasteiger partial charge in [-0.25, -0.2) is 0 Å². The Morgan fingerprint density at radius 2 is 1.93 bits per heavy atom. The molecule has 3 aromatic rings. The van der Waals surface area contributed by atoms with Crippen LogP contribution in [0.15, 0.2) is 40.0 Å². The Kier molecular flexibility index (Phi) is 5.96. The van der Waals surface area contributed by atoms with E-state index in [0.29, 0.717) is 21.7 Å². The summed E-state index contributed by atoms with van der Waals surface area (Å²) >= 11 is 2.67. The van der Waals surface area contributed by atoms with Gasteiger partial charge in [-0.3, -0.25) is 9.59 Å². The van der Waals surface area contributed by atoms with E-state index in [0.717, 1.165) is 36.9 Å². The summed E-state index contributed by atoms with van der Waals surface area (Å²) in [7, 11) is 0. The van der Waals surface area contributed by atoms with Crippen LogP contribution in [0.3, 0.4) is 0 Å². The van der Waals surface area contributed by atoms with Crippen LogP contribution in [0, 0.1) is 6.92 Å². The van der Waals surface area contributed by atoms with E-state index in [-0.39, 0.29) is 17.6 Å². The second kappa shape index (κ2) is 8.79. The van der Waals surface area contributed by atoms with E-state index in [1.165, 1.54) is 28.0 Å². The first-order valence-corrected chi connectivity index (χ1v) is 11.1. The summed E-state index contributed by atoms with van der Waals surface area (Å²) in [6.07, 6.45) is 3.95. The molecular weight excluding hydrogens is 408 g/mol. The number of para-hydroxylation sites is 1. The molecule has 2 amide bonds. The summed E-state index contributed by atoms with van der Waals surface area (Å²) in [5.41, 5.74) is 2.37. The van der Waals surface area contributed by atoms with E-state index in [2.05, 4.69) is 20.8 Å². The van der Waals surface area contributed by atoms with Gasteiger partial charge in [0.2, 0.25) is 11.8 Å². The molecule has 0 aliphatic heterocycles. The van der Waals surface area contributed by atoms with E-state index in [9.17, 15) is 9.59 Å². The molecule has 2 aromatic heterocycles. The molecule has 150 valence electrons. The maximum absolute atomic E-state index is 13.0. The fraction of sp³-hybridized carbons (Fsp3) is 0.300. The first-order chi connectivity index (χ1) is 14.1. The highest BCUT2D eigenvalue weighted by atomic mass is 32.2. The number of nitrogens with zero attached hydrogens (tertiary/aromatic N) is 2. The lowest BCUT2D eigenvalue weighted by molar-refractivity contribution is -0.113. The van der Waals surface area contributed by atoms with E-state index in [1.54, 1.807) is 6.92 Å². The molecule has 7 nitrogen and oxygen atoms in total. The van der Waals surface area contributed by atoms with Crippen LogP contribution in [0.1, 0.15) is 39.5 Å². The largest absolute Gasteiger partial charge is 0.416 e. The molecule has 0 fully saturated rings. The van der Waals surface area contributed by atoms with Crippen LogP contribution in [0.4, 0.5) is 10.7 Å². The lowest BCUT2D eigenvalue weighted by Gasteiger charge is -2.13. The average Bonchev–Trinajstić information content (AvgIpc) is 3.30. The molecule has 0 saturated heterocycles. The van der Waals surface area contributed by atoms with Gasteiger partial charge in [0.1, 0.15) is 5.00 Å².